The summed E-state index contributed by atoms with van der Waals surface area (Å²) >= 11 is 0. The highest BCUT2D eigenvalue weighted by molar-refractivity contribution is 5.71. The number of methoxy groups -OCH3 is 1. The van der Waals surface area contributed by atoms with E-state index in [1.54, 1.807) is 37.3 Å². The molecule has 0 heterocycles. The van der Waals surface area contributed by atoms with Gasteiger partial charge in [-0.05, 0) is 19.1 Å². The van der Waals surface area contributed by atoms with Crippen LogP contribution in [0.2, 0.25) is 0 Å². The summed E-state index contributed by atoms with van der Waals surface area (Å²) in [5.41, 5.74) is 4.43. The molecule has 0 radical (unpaired) electrons. The molecule has 10 nitrogen and oxygen atoms in total. The van der Waals surface area contributed by atoms with Crippen LogP contribution in [0.15, 0.2) is 30.3 Å². The molecule has 3 N–H and O–H groups in total. The van der Waals surface area contributed by atoms with E-state index in [0.717, 1.165) is 5.12 Å². The summed E-state index contributed by atoms with van der Waals surface area (Å²) in [5, 5.41) is 3.15. The number of benzene rings is 1. The summed E-state index contributed by atoms with van der Waals surface area (Å²) in [6.45, 7) is 1.47. The Morgan fingerprint density at radius 3 is 2.30 bits per heavy atom. The number of ether oxygens (including phenoxy) is 3. The molecule has 0 aromatic heterocycles. The first-order chi connectivity index (χ1) is 11.0. The molecule has 1 rings (SSSR count). The molecule has 0 bridgehead atoms. The average molecular weight is 326 g/mol. The van der Waals surface area contributed by atoms with Crippen LogP contribution in [0.4, 0.5) is 14.4 Å². The highest BCUT2D eigenvalue weighted by Gasteiger charge is 2.15. The van der Waals surface area contributed by atoms with Crippen molar-refractivity contribution in [3.05, 3.63) is 30.3 Å². The van der Waals surface area contributed by atoms with Crippen molar-refractivity contribution in [1.29, 1.82) is 0 Å². The summed E-state index contributed by atoms with van der Waals surface area (Å²) in [5.74, 6) is 0.307. The van der Waals surface area contributed by atoms with E-state index in [0.29, 0.717) is 5.75 Å². The third kappa shape index (κ3) is 7.52. The zero-order chi connectivity index (χ0) is 17.1. The second-order valence-corrected chi connectivity index (χ2v) is 3.90. The van der Waals surface area contributed by atoms with Crippen molar-refractivity contribution in [2.75, 3.05) is 20.4 Å². The number of carbonyl (C=O) groups is 3. The van der Waals surface area contributed by atoms with Crippen LogP contribution in [0.1, 0.15) is 6.92 Å². The highest BCUT2D eigenvalue weighted by atomic mass is 16.6. The summed E-state index contributed by atoms with van der Waals surface area (Å²) in [6, 6.07) is 8.30. The Morgan fingerprint density at radius 1 is 1.04 bits per heavy atom. The van der Waals surface area contributed by atoms with Gasteiger partial charge in [-0.25, -0.2) is 25.2 Å². The van der Waals surface area contributed by atoms with E-state index in [4.69, 9.17) is 4.74 Å². The third-order valence-corrected chi connectivity index (χ3v) is 2.25. The van der Waals surface area contributed by atoms with Gasteiger partial charge in [0, 0.05) is 0 Å². The molecule has 23 heavy (non-hydrogen) atoms. The second-order valence-electron chi connectivity index (χ2n) is 3.90. The van der Waals surface area contributed by atoms with Crippen molar-refractivity contribution >= 4 is 18.3 Å². The summed E-state index contributed by atoms with van der Waals surface area (Å²) in [7, 11) is 1.18. The molecule has 0 aliphatic carbocycles. The molecule has 0 saturated heterocycles. The lowest BCUT2D eigenvalue weighted by Gasteiger charge is -2.22. The molecule has 10 heteroatoms. The number of alkyl carbamates (subject to hydrolysis) is 1. The molecule has 1 aromatic rings. The minimum absolute atomic E-state index is 0.137. The van der Waals surface area contributed by atoms with Crippen molar-refractivity contribution in [3.63, 3.8) is 0 Å². The molecule has 126 valence electrons. The Balaban J connectivity index is 2.57. The lowest BCUT2D eigenvalue weighted by atomic mass is 10.3. The predicted octanol–water partition coefficient (Wildman–Crippen LogP) is 0.967. The van der Waals surface area contributed by atoms with Gasteiger partial charge in [0.15, 0.2) is 0 Å². The quantitative estimate of drug-likeness (QED) is 0.526. The molecule has 0 unspecified atom stereocenters. The van der Waals surface area contributed by atoms with Gasteiger partial charge in [0.1, 0.15) is 12.4 Å². The van der Waals surface area contributed by atoms with Crippen LogP contribution in [0, 0.1) is 0 Å². The fourth-order valence-corrected chi connectivity index (χ4v) is 1.32. The lowest BCUT2D eigenvalue weighted by Crippen LogP contribution is -2.57. The summed E-state index contributed by atoms with van der Waals surface area (Å²) in [6.07, 6.45) is -2.45. The van der Waals surface area contributed by atoms with Gasteiger partial charge in [-0.15, -0.1) is 5.12 Å². The van der Waals surface area contributed by atoms with E-state index in [1.807, 2.05) is 0 Å². The first-order valence-electron chi connectivity index (χ1n) is 6.61. The first-order valence-corrected chi connectivity index (χ1v) is 6.61. The van der Waals surface area contributed by atoms with E-state index >= 15 is 0 Å². The maximum absolute atomic E-state index is 11.8. The van der Waals surface area contributed by atoms with Crippen molar-refractivity contribution in [1.82, 2.24) is 21.3 Å². The lowest BCUT2D eigenvalue weighted by molar-refractivity contribution is 0.0703. The van der Waals surface area contributed by atoms with Crippen LogP contribution in [-0.2, 0) is 9.47 Å². The fraction of sp³-hybridized carbons (Fsp3) is 0.308. The van der Waals surface area contributed by atoms with E-state index in [1.165, 1.54) is 7.11 Å². The smallest absolute Gasteiger partial charge is 0.428 e. The number of nitrogens with zero attached hydrogens (tertiary/aromatic N) is 1. The molecule has 0 fully saturated rings. The zero-order valence-corrected chi connectivity index (χ0v) is 12.7. The molecule has 3 amide bonds. The molecular formula is C13H18N4O6. The maximum Gasteiger partial charge on any atom is 0.428 e. The Hall–Kier alpha value is -3.01. The third-order valence-electron chi connectivity index (χ3n) is 2.25. The number of hydrogen-bond donors (Lipinski definition) is 3. The largest absolute Gasteiger partial charge is 0.453 e. The second kappa shape index (κ2) is 9.84. The predicted molar refractivity (Wildman–Crippen MR) is 78.0 cm³/mol. The normalized spacial score (nSPS) is 9.70. The number of para-hydroxylation sites is 1. The van der Waals surface area contributed by atoms with E-state index in [-0.39, 0.29) is 13.3 Å². The van der Waals surface area contributed by atoms with Crippen molar-refractivity contribution in [2.45, 2.75) is 6.92 Å². The number of carbonyl (C=O) groups excluding carboxylic acids is 3. The first kappa shape index (κ1) is 18.0. The SMILES string of the molecule is CCOC(=O)NN(CNC(=O)OC)NC(=O)Oc1ccccc1. The number of amides is 3. The molecule has 0 atom stereocenters. The standard InChI is InChI=1S/C13H18N4O6/c1-3-22-12(19)15-17(9-14-11(18)21-2)16-13(20)23-10-7-5-4-6-8-10/h4-8H,3,9H2,1-2H3,(H,14,18)(H,15,19)(H,16,20). The van der Waals surface area contributed by atoms with Gasteiger partial charge in [-0.3, -0.25) is 0 Å². The van der Waals surface area contributed by atoms with Crippen LogP contribution in [0.5, 0.6) is 5.75 Å². The maximum atomic E-state index is 11.8. The van der Waals surface area contributed by atoms with E-state index < -0.39 is 18.3 Å². The Labute approximate surface area is 132 Å². The molecular weight excluding hydrogens is 308 g/mol. The summed E-state index contributed by atoms with van der Waals surface area (Å²) in [4.78, 5) is 34.2. The van der Waals surface area contributed by atoms with Gasteiger partial charge in [0.25, 0.3) is 0 Å². The van der Waals surface area contributed by atoms with Crippen LogP contribution >= 0.6 is 0 Å². The van der Waals surface area contributed by atoms with Crippen molar-refractivity contribution in [2.24, 2.45) is 0 Å². The van der Waals surface area contributed by atoms with Gasteiger partial charge < -0.3 is 19.5 Å². The van der Waals surface area contributed by atoms with Gasteiger partial charge in [-0.2, -0.15) is 0 Å². The fourth-order valence-electron chi connectivity index (χ4n) is 1.32. The van der Waals surface area contributed by atoms with Crippen LogP contribution in [-0.4, -0.2) is 43.8 Å². The van der Waals surface area contributed by atoms with Crippen LogP contribution in [0.25, 0.3) is 0 Å². The number of nitrogens with one attached hydrogen (secondary N) is 3. The molecule has 0 aliphatic heterocycles. The topological polar surface area (TPSA) is 118 Å². The Morgan fingerprint density at radius 2 is 1.70 bits per heavy atom. The minimum atomic E-state index is -0.875. The highest BCUT2D eigenvalue weighted by Crippen LogP contribution is 2.07. The molecule has 0 saturated carbocycles. The number of hydrogen-bond acceptors (Lipinski definition) is 7. The Kier molecular flexibility index (Phi) is 7.72. The monoisotopic (exact) mass is 326 g/mol. The van der Waals surface area contributed by atoms with Crippen molar-refractivity contribution in [3.8, 4) is 5.75 Å². The van der Waals surface area contributed by atoms with Crippen molar-refractivity contribution < 1.29 is 28.6 Å². The van der Waals surface area contributed by atoms with Gasteiger partial charge in [-0.1, -0.05) is 18.2 Å². The van der Waals surface area contributed by atoms with Gasteiger partial charge in [0.2, 0.25) is 0 Å². The van der Waals surface area contributed by atoms with E-state index in [9.17, 15) is 14.4 Å². The molecule has 0 spiro atoms. The Bertz CT molecular complexity index is 524. The van der Waals surface area contributed by atoms with Gasteiger partial charge in [0.05, 0.1) is 13.7 Å². The van der Waals surface area contributed by atoms with E-state index in [2.05, 4.69) is 25.6 Å². The summed E-state index contributed by atoms with van der Waals surface area (Å²) < 4.78 is 14.1. The van der Waals surface area contributed by atoms with Crippen LogP contribution < -0.4 is 20.9 Å². The number of rotatable bonds is 6. The average Bonchev–Trinajstić information content (AvgIpc) is 2.53. The molecule has 1 aromatic carbocycles. The molecule has 0 aliphatic rings. The zero-order valence-electron chi connectivity index (χ0n) is 12.7. The minimum Gasteiger partial charge on any atom is -0.453 e. The number of hydrazine groups is 2. The van der Waals surface area contributed by atoms with Crippen LogP contribution in [0.3, 0.4) is 0 Å². The van der Waals surface area contributed by atoms with Gasteiger partial charge >= 0.3 is 18.3 Å².